The molecule has 112 valence electrons. The number of rotatable bonds is 6. The first-order valence-corrected chi connectivity index (χ1v) is 8.11. The third-order valence-corrected chi connectivity index (χ3v) is 4.06. The van der Waals surface area contributed by atoms with Crippen molar-refractivity contribution in [1.82, 2.24) is 15.3 Å². The Labute approximate surface area is 123 Å². The van der Waals surface area contributed by atoms with E-state index >= 15 is 0 Å². The van der Waals surface area contributed by atoms with Crippen molar-refractivity contribution in [2.75, 3.05) is 6.54 Å². The van der Waals surface area contributed by atoms with Crippen LogP contribution in [0.5, 0.6) is 0 Å². The maximum atomic E-state index is 4.78. The van der Waals surface area contributed by atoms with Crippen LogP contribution >= 0.6 is 0 Å². The number of nitrogens with one attached hydrogen (secondary N) is 1. The lowest BCUT2D eigenvalue weighted by Crippen LogP contribution is -2.32. The Hall–Kier alpha value is -0.960. The van der Waals surface area contributed by atoms with E-state index in [0.29, 0.717) is 6.04 Å². The highest BCUT2D eigenvalue weighted by atomic mass is 14.9. The molecule has 3 heteroatoms. The zero-order valence-corrected chi connectivity index (χ0v) is 13.4. The molecule has 1 aliphatic carbocycles. The summed E-state index contributed by atoms with van der Waals surface area (Å²) in [6.45, 7) is 10.0. The van der Waals surface area contributed by atoms with Gasteiger partial charge in [0.05, 0.1) is 0 Å². The third-order valence-electron chi connectivity index (χ3n) is 4.06. The molecule has 1 atom stereocenters. The van der Waals surface area contributed by atoms with Gasteiger partial charge in [0.1, 0.15) is 5.82 Å². The van der Waals surface area contributed by atoms with Gasteiger partial charge in [0, 0.05) is 24.4 Å². The summed E-state index contributed by atoms with van der Waals surface area (Å²) >= 11 is 0. The molecule has 0 fully saturated rings. The fourth-order valence-corrected chi connectivity index (χ4v) is 2.74. The minimum absolute atomic E-state index is 0.575. The first-order chi connectivity index (χ1) is 9.54. The van der Waals surface area contributed by atoms with Crippen molar-refractivity contribution in [2.24, 2.45) is 11.8 Å². The largest absolute Gasteiger partial charge is 0.314 e. The highest BCUT2D eigenvalue weighted by Crippen LogP contribution is 2.23. The van der Waals surface area contributed by atoms with E-state index in [1.807, 2.05) is 0 Å². The Kier molecular flexibility index (Phi) is 5.53. The van der Waals surface area contributed by atoms with Gasteiger partial charge >= 0.3 is 0 Å². The molecule has 2 rings (SSSR count). The molecular formula is C17H29N3. The monoisotopic (exact) mass is 275 g/mol. The molecule has 1 unspecified atom stereocenters. The van der Waals surface area contributed by atoms with E-state index in [1.165, 1.54) is 24.1 Å². The van der Waals surface area contributed by atoms with Gasteiger partial charge in [-0.15, -0.1) is 0 Å². The third kappa shape index (κ3) is 4.55. The first-order valence-electron chi connectivity index (χ1n) is 8.11. The molecule has 0 aliphatic heterocycles. The number of aromatic nitrogens is 2. The maximum Gasteiger partial charge on any atom is 0.128 e. The number of aryl methyl sites for hydroxylation is 2. The van der Waals surface area contributed by atoms with Gasteiger partial charge in [0.15, 0.2) is 0 Å². The van der Waals surface area contributed by atoms with Crippen LogP contribution in [0.2, 0.25) is 0 Å². The minimum atomic E-state index is 0.575. The highest BCUT2D eigenvalue weighted by molar-refractivity contribution is 5.21. The molecule has 0 bridgehead atoms. The second-order valence-electron chi connectivity index (χ2n) is 6.86. The second kappa shape index (κ2) is 7.16. The molecule has 0 saturated heterocycles. The molecule has 20 heavy (non-hydrogen) atoms. The smallest absolute Gasteiger partial charge is 0.128 e. The molecule has 1 heterocycles. The summed E-state index contributed by atoms with van der Waals surface area (Å²) in [6, 6.07) is 0.575. The van der Waals surface area contributed by atoms with E-state index in [-0.39, 0.29) is 0 Å². The molecule has 0 saturated carbocycles. The second-order valence-corrected chi connectivity index (χ2v) is 6.86. The summed E-state index contributed by atoms with van der Waals surface area (Å²) in [5.74, 6) is 2.51. The highest BCUT2D eigenvalue weighted by Gasteiger charge is 2.20. The molecule has 1 aromatic rings. The van der Waals surface area contributed by atoms with E-state index in [9.17, 15) is 0 Å². The van der Waals surface area contributed by atoms with Crippen molar-refractivity contribution in [3.05, 3.63) is 23.3 Å². The quantitative estimate of drug-likeness (QED) is 0.866. The van der Waals surface area contributed by atoms with E-state index in [1.54, 1.807) is 0 Å². The summed E-state index contributed by atoms with van der Waals surface area (Å²) in [7, 11) is 0. The molecule has 1 aliphatic rings. The van der Waals surface area contributed by atoms with E-state index in [4.69, 9.17) is 4.98 Å². The lowest BCUT2D eigenvalue weighted by molar-refractivity contribution is 0.401. The van der Waals surface area contributed by atoms with Crippen LogP contribution in [0.1, 0.15) is 57.6 Å². The SMILES string of the molecule is CC(C)CCc1ncc2c(n1)CCC(CNC(C)C)C2. The molecule has 0 spiro atoms. The average molecular weight is 275 g/mol. The molecule has 0 radical (unpaired) electrons. The van der Waals surface area contributed by atoms with Crippen LogP contribution in [0, 0.1) is 11.8 Å². The molecule has 0 aromatic carbocycles. The number of hydrogen-bond acceptors (Lipinski definition) is 3. The summed E-state index contributed by atoms with van der Waals surface area (Å²) < 4.78 is 0. The summed E-state index contributed by atoms with van der Waals surface area (Å²) in [6.07, 6.45) is 7.80. The lowest BCUT2D eigenvalue weighted by atomic mass is 9.87. The van der Waals surface area contributed by atoms with Crippen LogP contribution in [-0.2, 0) is 19.3 Å². The Bertz CT molecular complexity index is 426. The maximum absolute atomic E-state index is 4.78. The topological polar surface area (TPSA) is 37.8 Å². The van der Waals surface area contributed by atoms with Crippen molar-refractivity contribution in [3.8, 4) is 0 Å². The summed E-state index contributed by atoms with van der Waals surface area (Å²) in [5.41, 5.74) is 2.68. The van der Waals surface area contributed by atoms with E-state index < -0.39 is 0 Å². The van der Waals surface area contributed by atoms with Gasteiger partial charge in [-0.3, -0.25) is 0 Å². The van der Waals surface area contributed by atoms with Gasteiger partial charge in [-0.2, -0.15) is 0 Å². The summed E-state index contributed by atoms with van der Waals surface area (Å²) in [4.78, 5) is 9.35. The fraction of sp³-hybridized carbons (Fsp3) is 0.765. The average Bonchev–Trinajstić information content (AvgIpc) is 2.42. The van der Waals surface area contributed by atoms with E-state index in [0.717, 1.165) is 43.5 Å². The molecular weight excluding hydrogens is 246 g/mol. The molecule has 3 nitrogen and oxygen atoms in total. The standard InChI is InChI=1S/C17H29N3/c1-12(2)5-8-17-19-11-15-9-14(10-18-13(3)4)6-7-16(15)20-17/h11-14,18H,5-10H2,1-4H3. The number of hydrogen-bond donors (Lipinski definition) is 1. The minimum Gasteiger partial charge on any atom is -0.314 e. The Morgan fingerprint density at radius 3 is 2.80 bits per heavy atom. The van der Waals surface area contributed by atoms with Crippen molar-refractivity contribution in [1.29, 1.82) is 0 Å². The van der Waals surface area contributed by atoms with Gasteiger partial charge in [0.25, 0.3) is 0 Å². The Balaban J connectivity index is 1.93. The zero-order chi connectivity index (χ0) is 14.5. The Morgan fingerprint density at radius 1 is 1.30 bits per heavy atom. The van der Waals surface area contributed by atoms with Crippen LogP contribution in [0.4, 0.5) is 0 Å². The zero-order valence-electron chi connectivity index (χ0n) is 13.4. The van der Waals surface area contributed by atoms with Crippen LogP contribution in [0.3, 0.4) is 0 Å². The normalized spacial score (nSPS) is 18.6. The van der Waals surface area contributed by atoms with Crippen LogP contribution in [0.25, 0.3) is 0 Å². The van der Waals surface area contributed by atoms with Gasteiger partial charge < -0.3 is 5.32 Å². The first kappa shape index (κ1) is 15.4. The van der Waals surface area contributed by atoms with Crippen molar-refractivity contribution >= 4 is 0 Å². The van der Waals surface area contributed by atoms with Crippen LogP contribution < -0.4 is 5.32 Å². The van der Waals surface area contributed by atoms with Crippen molar-refractivity contribution < 1.29 is 0 Å². The van der Waals surface area contributed by atoms with Gasteiger partial charge in [-0.25, -0.2) is 9.97 Å². The number of nitrogens with zero attached hydrogens (tertiary/aromatic N) is 2. The van der Waals surface area contributed by atoms with Gasteiger partial charge in [0.2, 0.25) is 0 Å². The fourth-order valence-electron chi connectivity index (χ4n) is 2.74. The van der Waals surface area contributed by atoms with Gasteiger partial charge in [-0.05, 0) is 49.6 Å². The number of fused-ring (bicyclic) bond motifs is 1. The Morgan fingerprint density at radius 2 is 2.10 bits per heavy atom. The van der Waals surface area contributed by atoms with Crippen molar-refractivity contribution in [2.45, 2.75) is 65.8 Å². The molecule has 1 aromatic heterocycles. The van der Waals surface area contributed by atoms with Crippen LogP contribution in [-0.4, -0.2) is 22.6 Å². The summed E-state index contributed by atoms with van der Waals surface area (Å²) in [5, 5.41) is 3.55. The predicted octanol–water partition coefficient (Wildman–Crippen LogP) is 3.17. The predicted molar refractivity (Wildman–Crippen MR) is 83.8 cm³/mol. The van der Waals surface area contributed by atoms with Crippen molar-refractivity contribution in [3.63, 3.8) is 0 Å². The van der Waals surface area contributed by atoms with Crippen LogP contribution in [0.15, 0.2) is 6.20 Å². The van der Waals surface area contributed by atoms with Gasteiger partial charge in [-0.1, -0.05) is 27.7 Å². The lowest BCUT2D eigenvalue weighted by Gasteiger charge is -2.25. The molecule has 1 N–H and O–H groups in total. The van der Waals surface area contributed by atoms with E-state index in [2.05, 4.69) is 44.2 Å². The molecule has 0 amide bonds.